The number of ketones is 1. The van der Waals surface area contributed by atoms with E-state index in [0.717, 1.165) is 18.4 Å². The summed E-state index contributed by atoms with van der Waals surface area (Å²) in [6.07, 6.45) is 2.61. The molecule has 2 aromatic carbocycles. The lowest BCUT2D eigenvalue weighted by molar-refractivity contribution is -0.141. The SMILES string of the molecule is Cc1ccc(C(=O)c2ccccc2C(=O)OCC(=O)NN2C(=O)NC3(CCC(C)CC3)C2=O)cc1. The molecule has 0 radical (unpaired) electrons. The number of amides is 4. The summed E-state index contributed by atoms with van der Waals surface area (Å²) in [5.74, 6) is -2.11. The minimum Gasteiger partial charge on any atom is -0.452 e. The number of hydrogen-bond acceptors (Lipinski definition) is 6. The zero-order valence-corrected chi connectivity index (χ0v) is 19.6. The van der Waals surface area contributed by atoms with Crippen molar-refractivity contribution in [3.05, 3.63) is 70.8 Å². The van der Waals surface area contributed by atoms with Crippen molar-refractivity contribution in [2.75, 3.05) is 6.61 Å². The van der Waals surface area contributed by atoms with E-state index in [1.165, 1.54) is 12.1 Å². The number of benzene rings is 2. The molecule has 1 heterocycles. The highest BCUT2D eigenvalue weighted by atomic mass is 16.5. The fourth-order valence-corrected chi connectivity index (χ4v) is 4.40. The molecule has 9 nitrogen and oxygen atoms in total. The number of hydrogen-bond donors (Lipinski definition) is 2. The lowest BCUT2D eigenvalue weighted by Crippen LogP contribution is -2.52. The Balaban J connectivity index is 1.38. The van der Waals surface area contributed by atoms with Crippen LogP contribution in [0.3, 0.4) is 0 Å². The Morgan fingerprint density at radius 3 is 2.31 bits per heavy atom. The van der Waals surface area contributed by atoms with Gasteiger partial charge in [0.1, 0.15) is 5.54 Å². The quantitative estimate of drug-likeness (QED) is 0.375. The molecule has 2 aliphatic rings. The molecule has 4 amide bonds. The molecule has 35 heavy (non-hydrogen) atoms. The van der Waals surface area contributed by atoms with Gasteiger partial charge in [-0.05, 0) is 44.6 Å². The van der Waals surface area contributed by atoms with Gasteiger partial charge < -0.3 is 10.1 Å². The summed E-state index contributed by atoms with van der Waals surface area (Å²) < 4.78 is 5.09. The number of aryl methyl sites for hydroxylation is 1. The van der Waals surface area contributed by atoms with Gasteiger partial charge in [-0.15, -0.1) is 0 Å². The monoisotopic (exact) mass is 477 g/mol. The molecule has 2 N–H and O–H groups in total. The van der Waals surface area contributed by atoms with Gasteiger partial charge in [0.05, 0.1) is 5.56 Å². The fraction of sp³-hybridized carbons (Fsp3) is 0.346. The highest BCUT2D eigenvalue weighted by Gasteiger charge is 2.52. The molecule has 0 unspecified atom stereocenters. The first kappa shape index (κ1) is 24.1. The van der Waals surface area contributed by atoms with Gasteiger partial charge in [-0.1, -0.05) is 55.0 Å². The first-order valence-corrected chi connectivity index (χ1v) is 11.5. The Morgan fingerprint density at radius 2 is 1.66 bits per heavy atom. The van der Waals surface area contributed by atoms with Crippen molar-refractivity contribution in [1.29, 1.82) is 0 Å². The minimum absolute atomic E-state index is 0.0103. The van der Waals surface area contributed by atoms with Crippen LogP contribution in [0.5, 0.6) is 0 Å². The largest absolute Gasteiger partial charge is 0.452 e. The van der Waals surface area contributed by atoms with Crippen molar-refractivity contribution in [3.8, 4) is 0 Å². The highest BCUT2D eigenvalue weighted by Crippen LogP contribution is 2.35. The molecule has 1 aliphatic carbocycles. The van der Waals surface area contributed by atoms with Gasteiger partial charge in [-0.25, -0.2) is 9.59 Å². The molecule has 1 saturated heterocycles. The summed E-state index contributed by atoms with van der Waals surface area (Å²) in [6, 6.07) is 12.4. The predicted octanol–water partition coefficient (Wildman–Crippen LogP) is 2.91. The molecule has 1 saturated carbocycles. The number of imide groups is 1. The molecule has 1 spiro atoms. The van der Waals surface area contributed by atoms with E-state index in [4.69, 9.17) is 4.74 Å². The average molecular weight is 478 g/mol. The summed E-state index contributed by atoms with van der Waals surface area (Å²) in [7, 11) is 0. The summed E-state index contributed by atoms with van der Waals surface area (Å²) >= 11 is 0. The summed E-state index contributed by atoms with van der Waals surface area (Å²) in [4.78, 5) is 63.2. The third-order valence-electron chi connectivity index (χ3n) is 6.57. The van der Waals surface area contributed by atoms with E-state index in [1.54, 1.807) is 36.4 Å². The molecule has 0 bridgehead atoms. The van der Waals surface area contributed by atoms with E-state index in [-0.39, 0.29) is 16.9 Å². The third-order valence-corrected chi connectivity index (χ3v) is 6.57. The number of esters is 1. The molecule has 4 rings (SSSR count). The van der Waals surface area contributed by atoms with Gasteiger partial charge in [0.25, 0.3) is 11.8 Å². The second-order valence-electron chi connectivity index (χ2n) is 9.19. The maximum Gasteiger partial charge on any atom is 0.344 e. The van der Waals surface area contributed by atoms with Gasteiger partial charge in [0, 0.05) is 11.1 Å². The molecule has 0 aromatic heterocycles. The molecular formula is C26H27N3O6. The molecule has 182 valence electrons. The average Bonchev–Trinajstić information content (AvgIpc) is 3.08. The molecule has 2 aromatic rings. The predicted molar refractivity (Wildman–Crippen MR) is 125 cm³/mol. The normalized spacial score (nSPS) is 21.5. The van der Waals surface area contributed by atoms with E-state index in [2.05, 4.69) is 17.7 Å². The summed E-state index contributed by atoms with van der Waals surface area (Å²) in [5, 5.41) is 3.36. The van der Waals surface area contributed by atoms with Crippen LogP contribution in [-0.2, 0) is 14.3 Å². The summed E-state index contributed by atoms with van der Waals surface area (Å²) in [5.41, 5.74) is 2.79. The Kier molecular flexibility index (Phi) is 6.68. The standard InChI is InChI=1S/C26H27N3O6/c1-16-7-9-18(10-8-16)22(31)19-5-3-4-6-20(19)23(32)35-15-21(30)28-29-24(33)26(27-25(29)34)13-11-17(2)12-14-26/h3-10,17H,11-15H2,1-2H3,(H,27,34)(H,28,30). The van der Waals surface area contributed by atoms with Gasteiger partial charge in [0.15, 0.2) is 12.4 Å². The van der Waals surface area contributed by atoms with Crippen molar-refractivity contribution >= 4 is 29.6 Å². The Labute approximate surface area is 202 Å². The first-order chi connectivity index (χ1) is 16.7. The zero-order valence-electron chi connectivity index (χ0n) is 19.6. The Hall–Kier alpha value is -4.01. The van der Waals surface area contributed by atoms with Crippen LogP contribution in [0, 0.1) is 12.8 Å². The van der Waals surface area contributed by atoms with Gasteiger partial charge in [0.2, 0.25) is 0 Å². The van der Waals surface area contributed by atoms with Crippen molar-refractivity contribution < 1.29 is 28.7 Å². The second kappa shape index (κ2) is 9.69. The van der Waals surface area contributed by atoms with E-state index < -0.39 is 36.0 Å². The molecule has 0 atom stereocenters. The van der Waals surface area contributed by atoms with E-state index >= 15 is 0 Å². The van der Waals surface area contributed by atoms with Crippen LogP contribution in [0.15, 0.2) is 48.5 Å². The number of nitrogens with zero attached hydrogens (tertiary/aromatic N) is 1. The smallest absolute Gasteiger partial charge is 0.344 e. The minimum atomic E-state index is -0.997. The topological polar surface area (TPSA) is 122 Å². The molecular weight excluding hydrogens is 450 g/mol. The van der Waals surface area contributed by atoms with Gasteiger partial charge in [-0.3, -0.25) is 19.8 Å². The number of carbonyl (C=O) groups is 5. The van der Waals surface area contributed by atoms with E-state index in [9.17, 15) is 24.0 Å². The maximum absolute atomic E-state index is 12.9. The summed E-state index contributed by atoms with van der Waals surface area (Å²) in [6.45, 7) is 3.26. The Morgan fingerprint density at radius 1 is 1.03 bits per heavy atom. The van der Waals surface area contributed by atoms with Crippen molar-refractivity contribution in [2.24, 2.45) is 5.92 Å². The number of rotatable bonds is 6. The van der Waals surface area contributed by atoms with Crippen molar-refractivity contribution in [2.45, 2.75) is 45.1 Å². The van der Waals surface area contributed by atoms with Crippen molar-refractivity contribution in [3.63, 3.8) is 0 Å². The Bertz CT molecular complexity index is 1180. The van der Waals surface area contributed by atoms with Gasteiger partial charge >= 0.3 is 12.0 Å². The van der Waals surface area contributed by atoms with Gasteiger partial charge in [-0.2, -0.15) is 5.01 Å². The second-order valence-corrected chi connectivity index (χ2v) is 9.19. The van der Waals surface area contributed by atoms with Crippen LogP contribution in [0.2, 0.25) is 0 Å². The fourth-order valence-electron chi connectivity index (χ4n) is 4.40. The molecule has 2 fully saturated rings. The van der Waals surface area contributed by atoms with Crippen LogP contribution >= 0.6 is 0 Å². The van der Waals surface area contributed by atoms with Crippen LogP contribution in [0.4, 0.5) is 4.79 Å². The van der Waals surface area contributed by atoms with Crippen LogP contribution < -0.4 is 10.7 Å². The third kappa shape index (κ3) is 4.94. The zero-order chi connectivity index (χ0) is 25.2. The van der Waals surface area contributed by atoms with Crippen molar-refractivity contribution in [1.82, 2.24) is 15.8 Å². The number of hydrazine groups is 1. The molecule has 9 heteroatoms. The van der Waals surface area contributed by atoms with Crippen LogP contribution in [-0.4, -0.2) is 46.8 Å². The number of carbonyl (C=O) groups excluding carboxylic acids is 5. The first-order valence-electron chi connectivity index (χ1n) is 11.5. The molecule has 1 aliphatic heterocycles. The lowest BCUT2D eigenvalue weighted by Gasteiger charge is -2.33. The van der Waals surface area contributed by atoms with E-state index in [0.29, 0.717) is 29.3 Å². The number of urea groups is 1. The number of nitrogens with one attached hydrogen (secondary N) is 2. The van der Waals surface area contributed by atoms with E-state index in [1.807, 2.05) is 6.92 Å². The van der Waals surface area contributed by atoms with Crippen LogP contribution in [0.1, 0.15) is 64.4 Å². The number of ether oxygens (including phenoxy) is 1. The maximum atomic E-state index is 12.9. The lowest BCUT2D eigenvalue weighted by atomic mass is 9.77. The highest BCUT2D eigenvalue weighted by molar-refractivity contribution is 6.14. The van der Waals surface area contributed by atoms with Crippen LogP contribution in [0.25, 0.3) is 0 Å².